The third-order valence-electron chi connectivity index (χ3n) is 7.87. The molecule has 2 aromatic carbocycles. The van der Waals surface area contributed by atoms with Crippen LogP contribution in [-0.2, 0) is 17.9 Å². The van der Waals surface area contributed by atoms with Crippen LogP contribution in [0.25, 0.3) is 0 Å². The summed E-state index contributed by atoms with van der Waals surface area (Å²) in [4.78, 5) is 21.5. The van der Waals surface area contributed by atoms with Gasteiger partial charge in [-0.2, -0.15) is 0 Å². The van der Waals surface area contributed by atoms with E-state index in [0.717, 1.165) is 37.9 Å². The Morgan fingerprint density at radius 3 is 2.47 bits per heavy atom. The van der Waals surface area contributed by atoms with Gasteiger partial charge in [0.2, 0.25) is 5.91 Å². The number of likely N-dealkylation sites (tertiary alicyclic amines) is 1. The van der Waals surface area contributed by atoms with Gasteiger partial charge >= 0.3 is 0 Å². The third-order valence-corrected chi connectivity index (χ3v) is 7.87. The Labute approximate surface area is 192 Å². The van der Waals surface area contributed by atoms with E-state index in [1.807, 2.05) is 18.2 Å². The van der Waals surface area contributed by atoms with Gasteiger partial charge in [-0.3, -0.25) is 14.7 Å². The van der Waals surface area contributed by atoms with E-state index in [-0.39, 0.29) is 11.8 Å². The molecule has 0 spiro atoms. The standard InChI is InChI=1S/C28H35N3O/c1-20(2)15-25-26-24-18-30-28(25,27(32)29-17-21-9-5-3-6-10-21)16-23(24)13-14-31(26)19-22-11-7-4-8-12-22/h3-12,18,20,23-26H,13-17,19H2,1-2H3,(H,29,32)/t23-,24+,25+,26-,28-/m0/s1. The van der Waals surface area contributed by atoms with Gasteiger partial charge in [-0.15, -0.1) is 0 Å². The van der Waals surface area contributed by atoms with Crippen molar-refractivity contribution in [3.05, 3.63) is 71.8 Å². The third kappa shape index (κ3) is 3.90. The lowest BCUT2D eigenvalue weighted by atomic mass is 9.54. The first-order chi connectivity index (χ1) is 15.6. The maximum atomic E-state index is 13.8. The molecule has 6 rings (SSSR count). The van der Waals surface area contributed by atoms with E-state index in [9.17, 15) is 4.79 Å². The van der Waals surface area contributed by atoms with Gasteiger partial charge in [-0.05, 0) is 48.8 Å². The van der Waals surface area contributed by atoms with Crippen LogP contribution in [0.4, 0.5) is 0 Å². The fraction of sp³-hybridized carbons (Fsp3) is 0.500. The molecule has 1 amide bonds. The Hall–Kier alpha value is -2.46. The average molecular weight is 430 g/mol. The highest BCUT2D eigenvalue weighted by Gasteiger charge is 2.61. The number of piperidine rings is 1. The Bertz CT molecular complexity index is 957. The summed E-state index contributed by atoms with van der Waals surface area (Å²) in [5.74, 6) is 1.95. The van der Waals surface area contributed by atoms with Crippen molar-refractivity contribution in [1.29, 1.82) is 0 Å². The smallest absolute Gasteiger partial charge is 0.248 e. The molecule has 1 saturated heterocycles. The number of carbonyl (C=O) groups is 1. The van der Waals surface area contributed by atoms with E-state index in [1.54, 1.807) is 0 Å². The highest BCUT2D eigenvalue weighted by atomic mass is 16.2. The Kier molecular flexibility index (Phi) is 5.90. The number of hydrogen-bond donors (Lipinski definition) is 1. The van der Waals surface area contributed by atoms with E-state index in [1.165, 1.54) is 5.56 Å². The van der Waals surface area contributed by atoms with E-state index >= 15 is 0 Å². The number of rotatable bonds is 7. The van der Waals surface area contributed by atoms with E-state index < -0.39 is 5.54 Å². The fourth-order valence-corrected chi connectivity index (χ4v) is 6.46. The molecule has 4 nitrogen and oxygen atoms in total. The summed E-state index contributed by atoms with van der Waals surface area (Å²) in [6.07, 6.45) is 5.26. The average Bonchev–Trinajstić information content (AvgIpc) is 2.82. The number of hydrogen-bond acceptors (Lipinski definition) is 3. The first-order valence-electron chi connectivity index (χ1n) is 12.2. The summed E-state index contributed by atoms with van der Waals surface area (Å²) >= 11 is 0. The summed E-state index contributed by atoms with van der Waals surface area (Å²) < 4.78 is 0. The van der Waals surface area contributed by atoms with Crippen LogP contribution in [0.5, 0.6) is 0 Å². The van der Waals surface area contributed by atoms with Gasteiger partial charge in [0, 0.05) is 37.2 Å². The Morgan fingerprint density at radius 1 is 1.09 bits per heavy atom. The van der Waals surface area contributed by atoms with Crippen LogP contribution in [0.3, 0.4) is 0 Å². The second-order valence-corrected chi connectivity index (χ2v) is 10.4. The van der Waals surface area contributed by atoms with Crippen molar-refractivity contribution in [2.45, 2.75) is 57.8 Å². The van der Waals surface area contributed by atoms with Crippen molar-refractivity contribution >= 4 is 12.1 Å². The molecule has 32 heavy (non-hydrogen) atoms. The summed E-state index contributed by atoms with van der Waals surface area (Å²) in [6, 6.07) is 21.4. The molecule has 1 saturated carbocycles. The van der Waals surface area contributed by atoms with Crippen molar-refractivity contribution in [3.8, 4) is 0 Å². The molecule has 168 valence electrons. The van der Waals surface area contributed by atoms with Gasteiger partial charge in [0.15, 0.2) is 0 Å². The van der Waals surface area contributed by atoms with Gasteiger partial charge in [0.05, 0.1) is 0 Å². The van der Waals surface area contributed by atoms with Crippen LogP contribution in [-0.4, -0.2) is 35.1 Å². The van der Waals surface area contributed by atoms with Crippen molar-refractivity contribution in [1.82, 2.24) is 10.2 Å². The SMILES string of the molecule is CC(C)C[C@@H]1[C@@H]2[C@@H]3C=N[C@@]1(C(=O)NCc1ccccc1)C[C@@H]3CCN2Cc1ccccc1. The predicted octanol–water partition coefficient (Wildman–Crippen LogP) is 4.70. The Morgan fingerprint density at radius 2 is 1.78 bits per heavy atom. The predicted molar refractivity (Wildman–Crippen MR) is 129 cm³/mol. The van der Waals surface area contributed by atoms with E-state index in [2.05, 4.69) is 72.7 Å². The first-order valence-corrected chi connectivity index (χ1v) is 12.2. The van der Waals surface area contributed by atoms with Gasteiger partial charge in [0.1, 0.15) is 5.54 Å². The van der Waals surface area contributed by atoms with Crippen molar-refractivity contribution < 1.29 is 4.79 Å². The number of aliphatic imine (C=N–C) groups is 1. The van der Waals surface area contributed by atoms with Crippen LogP contribution in [0.15, 0.2) is 65.7 Å². The molecule has 3 aliphatic heterocycles. The number of amides is 1. The summed E-state index contributed by atoms with van der Waals surface area (Å²) in [6.45, 7) is 7.20. The van der Waals surface area contributed by atoms with Crippen molar-refractivity contribution in [2.75, 3.05) is 6.54 Å². The minimum atomic E-state index is -0.626. The molecule has 1 aliphatic carbocycles. The highest BCUT2D eigenvalue weighted by molar-refractivity contribution is 5.91. The van der Waals surface area contributed by atoms with Crippen LogP contribution < -0.4 is 5.32 Å². The summed E-state index contributed by atoms with van der Waals surface area (Å²) in [7, 11) is 0. The van der Waals surface area contributed by atoms with Gasteiger partial charge in [0.25, 0.3) is 0 Å². The largest absolute Gasteiger partial charge is 0.350 e. The minimum Gasteiger partial charge on any atom is -0.350 e. The van der Waals surface area contributed by atoms with Crippen molar-refractivity contribution in [2.24, 2.45) is 28.7 Å². The maximum absolute atomic E-state index is 13.8. The van der Waals surface area contributed by atoms with Crippen LogP contribution in [0, 0.1) is 23.7 Å². The lowest BCUT2D eigenvalue weighted by molar-refractivity contribution is -0.139. The molecule has 5 atom stereocenters. The molecule has 0 radical (unpaired) electrons. The summed E-state index contributed by atoms with van der Waals surface area (Å²) in [5.41, 5.74) is 1.87. The van der Waals surface area contributed by atoms with Crippen LogP contribution in [0.1, 0.15) is 44.2 Å². The lowest BCUT2D eigenvalue weighted by Gasteiger charge is -2.60. The topological polar surface area (TPSA) is 44.7 Å². The van der Waals surface area contributed by atoms with Gasteiger partial charge in [-0.25, -0.2) is 0 Å². The molecule has 1 N–H and O–H groups in total. The highest BCUT2D eigenvalue weighted by Crippen LogP contribution is 2.54. The lowest BCUT2D eigenvalue weighted by Crippen LogP contribution is -2.70. The van der Waals surface area contributed by atoms with E-state index in [0.29, 0.717) is 30.3 Å². The number of nitrogens with one attached hydrogen (secondary N) is 1. The molecule has 3 heterocycles. The molecule has 4 heteroatoms. The molecule has 4 aliphatic rings. The molecule has 0 aromatic heterocycles. The zero-order valence-electron chi connectivity index (χ0n) is 19.3. The van der Waals surface area contributed by atoms with Gasteiger partial charge < -0.3 is 5.32 Å². The zero-order chi connectivity index (χ0) is 22.1. The molecule has 0 unspecified atom stereocenters. The fourth-order valence-electron chi connectivity index (χ4n) is 6.46. The number of nitrogens with zero attached hydrogens (tertiary/aromatic N) is 2. The number of benzene rings is 2. The second-order valence-electron chi connectivity index (χ2n) is 10.4. The molecule has 2 aromatic rings. The van der Waals surface area contributed by atoms with Gasteiger partial charge in [-0.1, -0.05) is 74.5 Å². The monoisotopic (exact) mass is 429 g/mol. The zero-order valence-corrected chi connectivity index (χ0v) is 19.3. The molecular formula is C28H35N3O. The molecular weight excluding hydrogens is 394 g/mol. The Balaban J connectivity index is 1.43. The van der Waals surface area contributed by atoms with Crippen molar-refractivity contribution in [3.63, 3.8) is 0 Å². The number of carbonyl (C=O) groups excluding carboxylic acids is 1. The van der Waals surface area contributed by atoms with Crippen LogP contribution >= 0.6 is 0 Å². The quantitative estimate of drug-likeness (QED) is 0.693. The molecule has 2 fully saturated rings. The minimum absolute atomic E-state index is 0.123. The van der Waals surface area contributed by atoms with E-state index in [4.69, 9.17) is 4.99 Å². The second kappa shape index (κ2) is 8.82. The first kappa shape index (κ1) is 21.4. The normalized spacial score (nSPS) is 31.1. The van der Waals surface area contributed by atoms with Crippen LogP contribution in [0.2, 0.25) is 0 Å². The molecule has 4 bridgehead atoms. The summed E-state index contributed by atoms with van der Waals surface area (Å²) in [5, 5.41) is 3.27. The maximum Gasteiger partial charge on any atom is 0.248 e.